The van der Waals surface area contributed by atoms with Crippen molar-refractivity contribution < 1.29 is 23.8 Å². The third-order valence-electron chi connectivity index (χ3n) is 5.98. The Labute approximate surface area is 196 Å². The fourth-order valence-corrected chi connectivity index (χ4v) is 4.55. The summed E-state index contributed by atoms with van der Waals surface area (Å²) in [5.41, 5.74) is 7.85. The first-order valence-electron chi connectivity index (χ1n) is 10.6. The highest BCUT2D eigenvalue weighted by Gasteiger charge is 2.27. The van der Waals surface area contributed by atoms with Gasteiger partial charge in [-0.15, -0.1) is 0 Å². The Morgan fingerprint density at radius 1 is 1.15 bits per heavy atom. The fourth-order valence-electron chi connectivity index (χ4n) is 4.29. The molecule has 4 rings (SSSR count). The number of nitrogens with zero attached hydrogens (tertiary/aromatic N) is 1. The minimum absolute atomic E-state index is 0.129. The molecule has 2 aromatic carbocycles. The molecule has 0 aliphatic carbocycles. The number of rotatable bonds is 7. The van der Waals surface area contributed by atoms with Crippen molar-refractivity contribution in [3.05, 3.63) is 52.7 Å². The second-order valence-corrected chi connectivity index (χ2v) is 8.37. The number of aromatic nitrogens is 1. The fraction of sp³-hybridized carbons (Fsp3) is 0.333. The molecular weight excluding hydrogens is 446 g/mol. The van der Waals surface area contributed by atoms with Crippen LogP contribution >= 0.6 is 11.6 Å². The van der Waals surface area contributed by atoms with Crippen LogP contribution in [-0.2, 0) is 4.79 Å². The number of nitrogens with two attached hydrogens (primary N) is 1. The summed E-state index contributed by atoms with van der Waals surface area (Å²) >= 11 is 6.31. The molecule has 1 aliphatic rings. The third kappa shape index (κ3) is 4.71. The van der Waals surface area contributed by atoms with E-state index in [1.807, 2.05) is 17.0 Å². The maximum absolute atomic E-state index is 13.2. The zero-order valence-corrected chi connectivity index (χ0v) is 19.3. The smallest absolute Gasteiger partial charge is 0.255 e. The number of benzene rings is 2. The lowest BCUT2D eigenvalue weighted by atomic mass is 9.89. The predicted molar refractivity (Wildman–Crippen MR) is 125 cm³/mol. The summed E-state index contributed by atoms with van der Waals surface area (Å²) in [7, 11) is 3.11. The van der Waals surface area contributed by atoms with Crippen LogP contribution in [0.4, 0.5) is 0 Å². The molecule has 2 heterocycles. The van der Waals surface area contributed by atoms with Crippen LogP contribution < -0.4 is 19.9 Å². The van der Waals surface area contributed by atoms with Crippen molar-refractivity contribution in [2.24, 2.45) is 5.73 Å². The van der Waals surface area contributed by atoms with E-state index < -0.39 is 5.91 Å². The summed E-state index contributed by atoms with van der Waals surface area (Å²) in [5.74, 6) is 0.862. The second kappa shape index (κ2) is 9.62. The first kappa shape index (κ1) is 22.8. The SMILES string of the molecule is COc1ccc2[nH]cc(C3CCN(C(=O)c4cc(Cl)c(OCC(N)=O)c(OC)c4)CC3)c2c1. The van der Waals surface area contributed by atoms with Crippen LogP contribution in [0, 0.1) is 0 Å². The van der Waals surface area contributed by atoms with Gasteiger partial charge >= 0.3 is 0 Å². The van der Waals surface area contributed by atoms with E-state index in [0.717, 1.165) is 29.5 Å². The summed E-state index contributed by atoms with van der Waals surface area (Å²) in [6.07, 6.45) is 3.75. The summed E-state index contributed by atoms with van der Waals surface area (Å²) < 4.78 is 16.0. The normalized spacial score (nSPS) is 14.3. The number of hydrogen-bond acceptors (Lipinski definition) is 5. The van der Waals surface area contributed by atoms with E-state index in [-0.39, 0.29) is 29.0 Å². The number of methoxy groups -OCH3 is 2. The molecular formula is C24H26ClN3O5. The van der Waals surface area contributed by atoms with Gasteiger partial charge in [0.15, 0.2) is 18.1 Å². The van der Waals surface area contributed by atoms with Gasteiger partial charge in [-0.1, -0.05) is 11.6 Å². The molecule has 33 heavy (non-hydrogen) atoms. The number of halogens is 1. The molecule has 1 saturated heterocycles. The van der Waals surface area contributed by atoms with Crippen LogP contribution in [0.1, 0.15) is 34.7 Å². The van der Waals surface area contributed by atoms with Gasteiger partial charge in [-0.05, 0) is 54.7 Å². The van der Waals surface area contributed by atoms with Gasteiger partial charge < -0.3 is 29.8 Å². The highest BCUT2D eigenvalue weighted by molar-refractivity contribution is 6.32. The monoisotopic (exact) mass is 471 g/mol. The van der Waals surface area contributed by atoms with Gasteiger partial charge in [-0.3, -0.25) is 9.59 Å². The zero-order chi connectivity index (χ0) is 23.5. The number of hydrogen-bond donors (Lipinski definition) is 2. The molecule has 3 N–H and O–H groups in total. The van der Waals surface area contributed by atoms with Crippen LogP contribution in [0.25, 0.3) is 10.9 Å². The Hall–Kier alpha value is -3.39. The van der Waals surface area contributed by atoms with Gasteiger partial charge in [0.25, 0.3) is 11.8 Å². The quantitative estimate of drug-likeness (QED) is 0.546. The first-order chi connectivity index (χ1) is 15.9. The lowest BCUT2D eigenvalue weighted by Gasteiger charge is -2.32. The Bertz CT molecular complexity index is 1180. The molecule has 1 fully saturated rings. The largest absolute Gasteiger partial charge is 0.497 e. The minimum atomic E-state index is -0.634. The number of ether oxygens (including phenoxy) is 3. The highest BCUT2D eigenvalue weighted by Crippen LogP contribution is 2.38. The number of H-pyrrole nitrogens is 1. The number of primary amides is 1. The van der Waals surface area contributed by atoms with E-state index in [9.17, 15) is 9.59 Å². The van der Waals surface area contributed by atoms with Gasteiger partial charge in [0.2, 0.25) is 0 Å². The number of carbonyl (C=O) groups is 2. The number of carbonyl (C=O) groups excluding carboxylic acids is 2. The van der Waals surface area contributed by atoms with Gasteiger partial charge in [0.05, 0.1) is 19.2 Å². The van der Waals surface area contributed by atoms with Crippen molar-refractivity contribution >= 4 is 34.3 Å². The maximum atomic E-state index is 13.2. The predicted octanol–water partition coefficient (Wildman–Crippen LogP) is 3.72. The van der Waals surface area contributed by atoms with Gasteiger partial charge in [-0.25, -0.2) is 0 Å². The van der Waals surface area contributed by atoms with Crippen molar-refractivity contribution in [3.63, 3.8) is 0 Å². The molecule has 0 radical (unpaired) electrons. The van der Waals surface area contributed by atoms with Crippen LogP contribution in [0.5, 0.6) is 17.2 Å². The molecule has 1 aromatic heterocycles. The van der Waals surface area contributed by atoms with E-state index >= 15 is 0 Å². The maximum Gasteiger partial charge on any atom is 0.255 e. The average Bonchev–Trinajstić information content (AvgIpc) is 3.25. The van der Waals surface area contributed by atoms with E-state index in [1.165, 1.54) is 18.7 Å². The number of aromatic amines is 1. The van der Waals surface area contributed by atoms with Crippen molar-refractivity contribution in [2.45, 2.75) is 18.8 Å². The van der Waals surface area contributed by atoms with Gasteiger partial charge in [-0.2, -0.15) is 0 Å². The third-order valence-corrected chi connectivity index (χ3v) is 6.26. The van der Waals surface area contributed by atoms with E-state index in [2.05, 4.69) is 17.2 Å². The molecule has 0 atom stereocenters. The summed E-state index contributed by atoms with van der Waals surface area (Å²) in [6.45, 7) is 0.913. The number of likely N-dealkylation sites (tertiary alicyclic amines) is 1. The van der Waals surface area contributed by atoms with Gasteiger partial charge in [0.1, 0.15) is 5.75 Å². The molecule has 3 aromatic rings. The Kier molecular flexibility index (Phi) is 6.65. The van der Waals surface area contributed by atoms with Crippen LogP contribution in [0.3, 0.4) is 0 Å². The molecule has 0 spiro atoms. The molecule has 0 saturated carbocycles. The number of nitrogens with one attached hydrogen (secondary N) is 1. The lowest BCUT2D eigenvalue weighted by Crippen LogP contribution is -2.37. The zero-order valence-electron chi connectivity index (χ0n) is 18.5. The molecule has 0 bridgehead atoms. The molecule has 8 nitrogen and oxygen atoms in total. The number of fused-ring (bicyclic) bond motifs is 1. The van der Waals surface area contributed by atoms with Crippen LogP contribution in [0.15, 0.2) is 36.5 Å². The topological polar surface area (TPSA) is 107 Å². The van der Waals surface area contributed by atoms with Crippen molar-refractivity contribution in [3.8, 4) is 17.2 Å². The minimum Gasteiger partial charge on any atom is -0.497 e. The molecule has 2 amide bonds. The molecule has 1 aliphatic heterocycles. The second-order valence-electron chi connectivity index (χ2n) is 7.97. The Morgan fingerprint density at radius 2 is 1.91 bits per heavy atom. The van der Waals surface area contributed by atoms with Gasteiger partial charge in [0, 0.05) is 35.8 Å². The lowest BCUT2D eigenvalue weighted by molar-refractivity contribution is -0.119. The van der Waals surface area contributed by atoms with E-state index in [0.29, 0.717) is 24.6 Å². The standard InChI is InChI=1S/C24H26ClN3O5/c1-31-16-3-4-20-17(11-16)18(12-27-20)14-5-7-28(8-6-14)24(30)15-9-19(25)23(21(10-15)32-2)33-13-22(26)29/h3-4,9-12,14,27H,5-8,13H2,1-2H3,(H2,26,29). The van der Waals surface area contributed by atoms with Crippen LogP contribution in [0.2, 0.25) is 5.02 Å². The summed E-state index contributed by atoms with van der Waals surface area (Å²) in [5, 5.41) is 1.34. The summed E-state index contributed by atoms with van der Waals surface area (Å²) in [4.78, 5) is 29.3. The van der Waals surface area contributed by atoms with Crippen molar-refractivity contribution in [1.29, 1.82) is 0 Å². The van der Waals surface area contributed by atoms with E-state index in [4.69, 9.17) is 31.5 Å². The van der Waals surface area contributed by atoms with E-state index in [1.54, 1.807) is 13.2 Å². The van der Waals surface area contributed by atoms with Crippen LogP contribution in [-0.4, -0.2) is 55.6 Å². The van der Waals surface area contributed by atoms with Crippen molar-refractivity contribution in [2.75, 3.05) is 33.9 Å². The molecule has 0 unspecified atom stereocenters. The first-order valence-corrected chi connectivity index (χ1v) is 11.0. The van der Waals surface area contributed by atoms with Crippen molar-refractivity contribution in [1.82, 2.24) is 9.88 Å². The average molecular weight is 472 g/mol. The summed E-state index contributed by atoms with van der Waals surface area (Å²) in [6, 6.07) is 9.11. The Morgan fingerprint density at radius 3 is 2.58 bits per heavy atom. The number of piperidine rings is 1. The number of amides is 2. The molecule has 174 valence electrons. The molecule has 9 heteroatoms. The Balaban J connectivity index is 1.47. The highest BCUT2D eigenvalue weighted by atomic mass is 35.5.